The average molecular weight is 268 g/mol. The van der Waals surface area contributed by atoms with Crippen molar-refractivity contribution in [1.29, 1.82) is 0 Å². The molecular weight excluding hydrogens is 260 g/mol. The number of hydrogen-bond acceptors (Lipinski definition) is 5. The molecule has 1 aliphatic rings. The molecule has 1 aromatic heterocycles. The van der Waals surface area contributed by atoms with Crippen molar-refractivity contribution in [3.8, 4) is 0 Å². The summed E-state index contributed by atoms with van der Waals surface area (Å²) in [5.41, 5.74) is 0.840. The molecule has 0 radical (unpaired) electrons. The highest BCUT2D eigenvalue weighted by Crippen LogP contribution is 2.33. The van der Waals surface area contributed by atoms with Gasteiger partial charge in [0.2, 0.25) is 0 Å². The standard InChI is InChI=1S/C14H8N2O4/c17-13-10-2-1-7-15-12(10)14(18)11(13)8-3-5-9(6-4-8)16(19)20/h1-7,11H. The van der Waals surface area contributed by atoms with Gasteiger partial charge in [-0.25, -0.2) is 0 Å². The minimum Gasteiger partial charge on any atom is -0.293 e. The minimum absolute atomic E-state index is 0.0812. The third kappa shape index (κ3) is 1.70. The van der Waals surface area contributed by atoms with Crippen LogP contribution in [0.3, 0.4) is 0 Å². The SMILES string of the molecule is O=C1c2cccnc2C(=O)C1c1ccc([N+](=O)[O-])cc1. The summed E-state index contributed by atoms with van der Waals surface area (Å²) in [4.78, 5) is 38.4. The quantitative estimate of drug-likeness (QED) is 0.473. The summed E-state index contributed by atoms with van der Waals surface area (Å²) in [6, 6.07) is 8.60. The third-order valence-corrected chi connectivity index (χ3v) is 3.27. The van der Waals surface area contributed by atoms with Gasteiger partial charge in [0.25, 0.3) is 5.69 Å². The number of aromatic nitrogens is 1. The number of Topliss-reactive ketones (excluding diaryl/α,β-unsaturated/α-hetero) is 2. The van der Waals surface area contributed by atoms with Crippen LogP contribution in [0.4, 0.5) is 5.69 Å². The molecule has 0 saturated heterocycles. The first-order valence-corrected chi connectivity index (χ1v) is 5.87. The molecule has 6 heteroatoms. The zero-order valence-electron chi connectivity index (χ0n) is 10.1. The number of hydrogen-bond donors (Lipinski definition) is 0. The lowest BCUT2D eigenvalue weighted by molar-refractivity contribution is -0.384. The van der Waals surface area contributed by atoms with Crippen molar-refractivity contribution in [3.05, 3.63) is 69.5 Å². The maximum absolute atomic E-state index is 12.2. The second kappa shape index (κ2) is 4.34. The van der Waals surface area contributed by atoms with E-state index in [0.29, 0.717) is 11.1 Å². The number of carbonyl (C=O) groups excluding carboxylic acids is 2. The number of rotatable bonds is 2. The number of benzene rings is 1. The third-order valence-electron chi connectivity index (χ3n) is 3.27. The van der Waals surface area contributed by atoms with Gasteiger partial charge in [-0.2, -0.15) is 0 Å². The minimum atomic E-state index is -0.944. The fraction of sp³-hybridized carbons (Fsp3) is 0.0714. The summed E-state index contributed by atoms with van der Waals surface area (Å²) in [6.07, 6.45) is 1.46. The maximum Gasteiger partial charge on any atom is 0.269 e. The Morgan fingerprint density at radius 3 is 2.35 bits per heavy atom. The van der Waals surface area contributed by atoms with Gasteiger partial charge in [-0.05, 0) is 17.7 Å². The molecule has 0 N–H and O–H groups in total. The van der Waals surface area contributed by atoms with Crippen molar-refractivity contribution < 1.29 is 14.5 Å². The Bertz CT molecular complexity index is 702. The van der Waals surface area contributed by atoms with Crippen molar-refractivity contribution in [2.24, 2.45) is 0 Å². The van der Waals surface area contributed by atoms with Crippen LogP contribution in [-0.4, -0.2) is 21.5 Å². The lowest BCUT2D eigenvalue weighted by atomic mass is 9.94. The number of carbonyl (C=O) groups is 2. The van der Waals surface area contributed by atoms with Crippen LogP contribution in [0.1, 0.15) is 32.3 Å². The number of nitro groups is 1. The van der Waals surface area contributed by atoms with Gasteiger partial charge in [0.15, 0.2) is 11.6 Å². The van der Waals surface area contributed by atoms with E-state index in [4.69, 9.17) is 0 Å². The van der Waals surface area contributed by atoms with Crippen LogP contribution in [0.2, 0.25) is 0 Å². The first-order chi connectivity index (χ1) is 9.59. The number of non-ortho nitro benzene ring substituents is 1. The van der Waals surface area contributed by atoms with E-state index < -0.39 is 10.8 Å². The van der Waals surface area contributed by atoms with Crippen LogP contribution in [0.5, 0.6) is 0 Å². The zero-order valence-corrected chi connectivity index (χ0v) is 10.1. The molecule has 0 bridgehead atoms. The average Bonchev–Trinajstić information content (AvgIpc) is 2.72. The molecule has 0 spiro atoms. The van der Waals surface area contributed by atoms with Crippen molar-refractivity contribution in [3.63, 3.8) is 0 Å². The van der Waals surface area contributed by atoms with Crippen molar-refractivity contribution in [1.82, 2.24) is 4.98 Å². The van der Waals surface area contributed by atoms with Gasteiger partial charge in [0.05, 0.1) is 4.92 Å². The summed E-state index contributed by atoms with van der Waals surface area (Å²) < 4.78 is 0. The lowest BCUT2D eigenvalue weighted by Crippen LogP contribution is -2.13. The van der Waals surface area contributed by atoms with Crippen LogP contribution in [0.25, 0.3) is 0 Å². The molecule has 1 atom stereocenters. The molecule has 1 aromatic carbocycles. The molecule has 6 nitrogen and oxygen atoms in total. The summed E-state index contributed by atoms with van der Waals surface area (Å²) in [5.74, 6) is -1.62. The molecule has 1 aliphatic carbocycles. The van der Waals surface area contributed by atoms with Crippen molar-refractivity contribution in [2.45, 2.75) is 5.92 Å². The van der Waals surface area contributed by atoms with Gasteiger partial charge in [-0.15, -0.1) is 0 Å². The van der Waals surface area contributed by atoms with E-state index in [-0.39, 0.29) is 22.9 Å². The Hall–Kier alpha value is -2.89. The molecule has 1 unspecified atom stereocenters. The van der Waals surface area contributed by atoms with Crippen LogP contribution in [-0.2, 0) is 0 Å². The molecule has 0 saturated carbocycles. The first-order valence-electron chi connectivity index (χ1n) is 5.87. The van der Waals surface area contributed by atoms with Crippen LogP contribution < -0.4 is 0 Å². The number of nitrogens with zero attached hydrogens (tertiary/aromatic N) is 2. The number of nitro benzene ring substituents is 1. The Morgan fingerprint density at radius 2 is 1.75 bits per heavy atom. The Balaban J connectivity index is 2.02. The van der Waals surface area contributed by atoms with Gasteiger partial charge in [0.1, 0.15) is 11.6 Å². The largest absolute Gasteiger partial charge is 0.293 e. The van der Waals surface area contributed by atoms with Gasteiger partial charge < -0.3 is 0 Å². The van der Waals surface area contributed by atoms with E-state index in [0.717, 1.165) is 0 Å². The lowest BCUT2D eigenvalue weighted by Gasteiger charge is -2.06. The smallest absolute Gasteiger partial charge is 0.269 e. The van der Waals surface area contributed by atoms with Crippen LogP contribution >= 0.6 is 0 Å². The van der Waals surface area contributed by atoms with Crippen LogP contribution in [0, 0.1) is 10.1 Å². The highest BCUT2D eigenvalue weighted by molar-refractivity contribution is 6.28. The summed E-state index contributed by atoms with van der Waals surface area (Å²) in [5, 5.41) is 10.6. The highest BCUT2D eigenvalue weighted by Gasteiger charge is 2.40. The van der Waals surface area contributed by atoms with Gasteiger partial charge in [-0.1, -0.05) is 12.1 Å². The Kier molecular flexibility index (Phi) is 2.64. The van der Waals surface area contributed by atoms with Crippen molar-refractivity contribution >= 4 is 17.3 Å². The molecule has 20 heavy (non-hydrogen) atoms. The van der Waals surface area contributed by atoms with Gasteiger partial charge in [-0.3, -0.25) is 24.7 Å². The van der Waals surface area contributed by atoms with E-state index in [1.807, 2.05) is 0 Å². The van der Waals surface area contributed by atoms with Crippen LogP contribution in [0.15, 0.2) is 42.6 Å². The molecule has 0 fully saturated rings. The Labute approximate surface area is 113 Å². The maximum atomic E-state index is 12.2. The number of fused-ring (bicyclic) bond motifs is 1. The number of ketones is 2. The van der Waals surface area contributed by atoms with Crippen molar-refractivity contribution in [2.75, 3.05) is 0 Å². The predicted octanol–water partition coefficient (Wildman–Crippen LogP) is 2.15. The fourth-order valence-corrected chi connectivity index (χ4v) is 2.30. The molecular formula is C14H8N2O4. The second-order valence-electron chi connectivity index (χ2n) is 4.41. The monoisotopic (exact) mass is 268 g/mol. The zero-order chi connectivity index (χ0) is 14.3. The van der Waals surface area contributed by atoms with Gasteiger partial charge in [0, 0.05) is 23.9 Å². The van der Waals surface area contributed by atoms with E-state index in [2.05, 4.69) is 4.98 Å². The number of pyridine rings is 1. The summed E-state index contributed by atoms with van der Waals surface area (Å²) in [6.45, 7) is 0. The van der Waals surface area contributed by atoms with E-state index >= 15 is 0 Å². The molecule has 0 aliphatic heterocycles. The summed E-state index contributed by atoms with van der Waals surface area (Å²) >= 11 is 0. The molecule has 0 amide bonds. The fourth-order valence-electron chi connectivity index (χ4n) is 2.30. The summed E-state index contributed by atoms with van der Waals surface area (Å²) in [7, 11) is 0. The Morgan fingerprint density at radius 1 is 1.05 bits per heavy atom. The van der Waals surface area contributed by atoms with Gasteiger partial charge >= 0.3 is 0 Å². The molecule has 1 heterocycles. The highest BCUT2D eigenvalue weighted by atomic mass is 16.6. The molecule has 98 valence electrons. The van der Waals surface area contributed by atoms with E-state index in [1.54, 1.807) is 12.1 Å². The second-order valence-corrected chi connectivity index (χ2v) is 4.41. The topological polar surface area (TPSA) is 90.2 Å². The molecule has 2 aromatic rings. The first kappa shape index (κ1) is 12.2. The predicted molar refractivity (Wildman–Crippen MR) is 68.7 cm³/mol. The van der Waals surface area contributed by atoms with E-state index in [1.165, 1.54) is 30.5 Å². The van der Waals surface area contributed by atoms with E-state index in [9.17, 15) is 19.7 Å². The molecule has 3 rings (SSSR count). The normalized spacial score (nSPS) is 17.1.